The molecule has 0 aliphatic carbocycles. The quantitative estimate of drug-likeness (QED) is 0.746. The van der Waals surface area contributed by atoms with Gasteiger partial charge in [-0.25, -0.2) is 13.1 Å². The van der Waals surface area contributed by atoms with Crippen LogP contribution in [0.5, 0.6) is 5.75 Å². The van der Waals surface area contributed by atoms with Crippen molar-refractivity contribution < 1.29 is 18.3 Å². The molecule has 1 aromatic heterocycles. The normalized spacial score (nSPS) is 13.0. The summed E-state index contributed by atoms with van der Waals surface area (Å²) < 4.78 is 33.4. The zero-order valence-corrected chi connectivity index (χ0v) is 14.0. The standard InChI is InChI=1S/C15H21N3O4S/c1-3-18-10-15(9-16-18)23(20,21)17-8-13(19)11-22-14-6-4-12(2)5-7-14/h4-7,9-10,13,17,19H,3,8,11H2,1-2H3. The highest BCUT2D eigenvalue weighted by Crippen LogP contribution is 2.12. The average Bonchev–Trinajstić information content (AvgIpc) is 3.02. The number of ether oxygens (including phenoxy) is 1. The first kappa shape index (κ1) is 17.5. The molecular weight excluding hydrogens is 318 g/mol. The van der Waals surface area contributed by atoms with Crippen molar-refractivity contribution in [3.05, 3.63) is 42.2 Å². The summed E-state index contributed by atoms with van der Waals surface area (Å²) in [7, 11) is -3.68. The van der Waals surface area contributed by atoms with Gasteiger partial charge in [-0.15, -0.1) is 0 Å². The summed E-state index contributed by atoms with van der Waals surface area (Å²) in [6.45, 7) is 4.28. The zero-order chi connectivity index (χ0) is 16.9. The molecule has 2 rings (SSSR count). The van der Waals surface area contributed by atoms with Crippen LogP contribution in [0, 0.1) is 6.92 Å². The fraction of sp³-hybridized carbons (Fsp3) is 0.400. The van der Waals surface area contributed by atoms with Gasteiger partial charge in [-0.2, -0.15) is 5.10 Å². The summed E-state index contributed by atoms with van der Waals surface area (Å²) in [6.07, 6.45) is 1.77. The fourth-order valence-electron chi connectivity index (χ4n) is 1.83. The first-order valence-corrected chi connectivity index (χ1v) is 8.78. The smallest absolute Gasteiger partial charge is 0.243 e. The Bertz CT molecular complexity index is 725. The molecule has 8 heteroatoms. The van der Waals surface area contributed by atoms with Crippen LogP contribution in [-0.4, -0.2) is 42.6 Å². The van der Waals surface area contributed by atoms with Crippen molar-refractivity contribution in [2.75, 3.05) is 13.2 Å². The summed E-state index contributed by atoms with van der Waals surface area (Å²) in [5.74, 6) is 0.627. The lowest BCUT2D eigenvalue weighted by molar-refractivity contribution is 0.111. The van der Waals surface area contributed by atoms with E-state index in [1.54, 1.807) is 12.1 Å². The molecule has 0 aliphatic rings. The number of hydrogen-bond donors (Lipinski definition) is 2. The molecule has 2 N–H and O–H groups in total. The summed E-state index contributed by atoms with van der Waals surface area (Å²) in [4.78, 5) is 0.0750. The van der Waals surface area contributed by atoms with Gasteiger partial charge in [-0.3, -0.25) is 4.68 Å². The Balaban J connectivity index is 1.83. The van der Waals surface area contributed by atoms with Gasteiger partial charge in [0, 0.05) is 19.3 Å². The molecule has 0 spiro atoms. The van der Waals surface area contributed by atoms with Crippen molar-refractivity contribution in [3.8, 4) is 5.75 Å². The van der Waals surface area contributed by atoms with Crippen LogP contribution in [0.1, 0.15) is 12.5 Å². The number of nitrogens with zero attached hydrogens (tertiary/aromatic N) is 2. The Labute approximate surface area is 136 Å². The van der Waals surface area contributed by atoms with E-state index >= 15 is 0 Å². The van der Waals surface area contributed by atoms with E-state index in [9.17, 15) is 13.5 Å². The molecule has 2 aromatic rings. The Kier molecular flexibility index (Phi) is 5.75. The van der Waals surface area contributed by atoms with Crippen LogP contribution < -0.4 is 9.46 Å². The minimum absolute atomic E-state index is 0.000196. The third kappa shape index (κ3) is 5.05. The minimum atomic E-state index is -3.68. The molecule has 1 unspecified atom stereocenters. The minimum Gasteiger partial charge on any atom is -0.491 e. The van der Waals surface area contributed by atoms with Crippen LogP contribution in [-0.2, 0) is 16.6 Å². The maximum absolute atomic E-state index is 12.1. The first-order chi connectivity index (χ1) is 10.9. The SMILES string of the molecule is CCn1cc(S(=O)(=O)NCC(O)COc2ccc(C)cc2)cn1. The Morgan fingerprint density at radius 1 is 1.35 bits per heavy atom. The Morgan fingerprint density at radius 2 is 2.04 bits per heavy atom. The van der Waals surface area contributed by atoms with E-state index in [1.165, 1.54) is 17.1 Å². The highest BCUT2D eigenvalue weighted by atomic mass is 32.2. The molecule has 23 heavy (non-hydrogen) atoms. The van der Waals surface area contributed by atoms with Crippen molar-refractivity contribution in [2.24, 2.45) is 0 Å². The number of rotatable bonds is 8. The van der Waals surface area contributed by atoms with Crippen LogP contribution in [0.2, 0.25) is 0 Å². The molecule has 0 radical (unpaired) electrons. The number of aryl methyl sites for hydroxylation is 2. The lowest BCUT2D eigenvalue weighted by atomic mass is 10.2. The number of nitrogens with one attached hydrogen (secondary N) is 1. The number of benzene rings is 1. The van der Waals surface area contributed by atoms with Crippen molar-refractivity contribution in [2.45, 2.75) is 31.4 Å². The molecule has 0 bridgehead atoms. The zero-order valence-electron chi connectivity index (χ0n) is 13.1. The molecule has 1 heterocycles. The van der Waals surface area contributed by atoms with Gasteiger partial charge in [-0.1, -0.05) is 17.7 Å². The van der Waals surface area contributed by atoms with Crippen molar-refractivity contribution in [1.82, 2.24) is 14.5 Å². The average molecular weight is 339 g/mol. The highest BCUT2D eigenvalue weighted by molar-refractivity contribution is 7.89. The second kappa shape index (κ2) is 7.58. The first-order valence-electron chi connectivity index (χ1n) is 7.30. The Morgan fingerprint density at radius 3 is 2.65 bits per heavy atom. The van der Waals surface area contributed by atoms with Gasteiger partial charge >= 0.3 is 0 Å². The summed E-state index contributed by atoms with van der Waals surface area (Å²) in [6, 6.07) is 7.39. The molecule has 7 nitrogen and oxygen atoms in total. The number of hydrogen-bond acceptors (Lipinski definition) is 5. The predicted octanol–water partition coefficient (Wildman–Crippen LogP) is 0.930. The van der Waals surface area contributed by atoms with E-state index in [0.717, 1.165) is 5.56 Å². The van der Waals surface area contributed by atoms with E-state index in [0.29, 0.717) is 12.3 Å². The van der Waals surface area contributed by atoms with E-state index in [-0.39, 0.29) is 18.0 Å². The molecular formula is C15H21N3O4S. The number of aliphatic hydroxyl groups is 1. The summed E-state index contributed by atoms with van der Waals surface area (Å²) >= 11 is 0. The van der Waals surface area contributed by atoms with E-state index in [2.05, 4.69) is 9.82 Å². The van der Waals surface area contributed by atoms with Crippen LogP contribution in [0.15, 0.2) is 41.6 Å². The number of aliphatic hydroxyl groups excluding tert-OH is 1. The summed E-state index contributed by atoms with van der Waals surface area (Å²) in [5.41, 5.74) is 1.11. The van der Waals surface area contributed by atoms with Crippen molar-refractivity contribution in [1.29, 1.82) is 0 Å². The van der Waals surface area contributed by atoms with Gasteiger partial charge in [0.2, 0.25) is 10.0 Å². The van der Waals surface area contributed by atoms with Crippen molar-refractivity contribution in [3.63, 3.8) is 0 Å². The maximum atomic E-state index is 12.1. The third-order valence-electron chi connectivity index (χ3n) is 3.22. The van der Waals surface area contributed by atoms with Gasteiger partial charge in [0.1, 0.15) is 23.4 Å². The lowest BCUT2D eigenvalue weighted by Gasteiger charge is -2.13. The molecule has 1 aromatic carbocycles. The summed E-state index contributed by atoms with van der Waals surface area (Å²) in [5, 5.41) is 13.8. The molecule has 126 valence electrons. The molecule has 0 fully saturated rings. The van der Waals surface area contributed by atoms with Gasteiger partial charge in [0.15, 0.2) is 0 Å². The van der Waals surface area contributed by atoms with E-state index in [1.807, 2.05) is 26.0 Å². The molecule has 0 amide bonds. The Hall–Kier alpha value is -1.90. The lowest BCUT2D eigenvalue weighted by Crippen LogP contribution is -2.35. The topological polar surface area (TPSA) is 93.5 Å². The second-order valence-corrected chi connectivity index (χ2v) is 6.93. The van der Waals surface area contributed by atoms with E-state index < -0.39 is 16.1 Å². The highest BCUT2D eigenvalue weighted by Gasteiger charge is 2.18. The van der Waals surface area contributed by atoms with Crippen molar-refractivity contribution >= 4 is 10.0 Å². The molecule has 0 saturated heterocycles. The fourth-order valence-corrected chi connectivity index (χ4v) is 2.86. The van der Waals surface area contributed by atoms with Gasteiger partial charge in [0.25, 0.3) is 0 Å². The monoisotopic (exact) mass is 339 g/mol. The van der Waals surface area contributed by atoms with Gasteiger partial charge in [0.05, 0.1) is 6.20 Å². The second-order valence-electron chi connectivity index (χ2n) is 5.16. The third-order valence-corrected chi connectivity index (χ3v) is 4.59. The van der Waals surface area contributed by atoms with E-state index in [4.69, 9.17) is 4.74 Å². The largest absolute Gasteiger partial charge is 0.491 e. The van der Waals surface area contributed by atoms with Crippen LogP contribution in [0.25, 0.3) is 0 Å². The molecule has 0 aliphatic heterocycles. The van der Waals surface area contributed by atoms with Crippen LogP contribution >= 0.6 is 0 Å². The van der Waals surface area contributed by atoms with Crippen LogP contribution in [0.4, 0.5) is 0 Å². The molecule has 1 atom stereocenters. The predicted molar refractivity (Wildman–Crippen MR) is 85.8 cm³/mol. The number of aromatic nitrogens is 2. The molecule has 0 saturated carbocycles. The van der Waals surface area contributed by atoms with Gasteiger partial charge < -0.3 is 9.84 Å². The van der Waals surface area contributed by atoms with Crippen LogP contribution in [0.3, 0.4) is 0 Å². The maximum Gasteiger partial charge on any atom is 0.243 e. The van der Waals surface area contributed by atoms with Gasteiger partial charge in [-0.05, 0) is 26.0 Å². The number of sulfonamides is 1.